The number of hydrogen-bond acceptors (Lipinski definition) is 4. The van der Waals surface area contributed by atoms with Gasteiger partial charge in [0.1, 0.15) is 0 Å². The fourth-order valence-electron chi connectivity index (χ4n) is 2.22. The van der Waals surface area contributed by atoms with Crippen molar-refractivity contribution >= 4 is 50.5 Å². The minimum atomic E-state index is 0. The Morgan fingerprint density at radius 2 is 0.880 bits per heavy atom. The van der Waals surface area contributed by atoms with E-state index in [-0.39, 0.29) is 16.5 Å². The Morgan fingerprint density at radius 1 is 0.600 bits per heavy atom. The molecule has 0 fully saturated rings. The van der Waals surface area contributed by atoms with Crippen LogP contribution in [0.5, 0.6) is 0 Å². The van der Waals surface area contributed by atoms with Crippen LogP contribution in [0, 0.1) is 9.16 Å². The molecule has 0 heterocycles. The van der Waals surface area contributed by atoms with Gasteiger partial charge in [-0.15, -0.1) is 24.3 Å². The molecule has 0 amide bonds. The second-order valence-corrected chi connectivity index (χ2v) is 8.04. The van der Waals surface area contributed by atoms with Crippen molar-refractivity contribution in [3.8, 4) is 0 Å². The molecule has 2 aromatic carbocycles. The van der Waals surface area contributed by atoms with E-state index in [0.717, 1.165) is 33.1 Å². The molecule has 2 aromatic rings. The molecule has 0 bridgehead atoms. The van der Waals surface area contributed by atoms with Gasteiger partial charge < -0.3 is 0 Å². The van der Waals surface area contributed by atoms with Gasteiger partial charge in [-0.2, -0.15) is 35.4 Å². The van der Waals surface area contributed by atoms with Crippen molar-refractivity contribution in [2.75, 3.05) is 0 Å². The van der Waals surface area contributed by atoms with E-state index in [4.69, 9.17) is 0 Å². The van der Waals surface area contributed by atoms with Crippen LogP contribution in [0.2, 0.25) is 0 Å². The molecule has 0 N–H and O–H groups in total. The zero-order valence-electron chi connectivity index (χ0n) is 14.6. The maximum absolute atomic E-state index is 4.15. The Morgan fingerprint density at radius 3 is 1.08 bits per heavy atom. The molecule has 0 aliphatic carbocycles. The number of hydrogen-bond donors (Lipinski definition) is 4. The first-order chi connectivity index (χ1) is 11.5. The summed E-state index contributed by atoms with van der Waals surface area (Å²) in [6, 6.07) is 16.7. The summed E-state index contributed by atoms with van der Waals surface area (Å²) in [5, 5.41) is 0. The topological polar surface area (TPSA) is 0 Å². The summed E-state index contributed by atoms with van der Waals surface area (Å²) in [4.78, 5) is 0. The summed E-state index contributed by atoms with van der Waals surface area (Å²) in [6.07, 6.45) is 4.68. The SMILES string of the molecule is CCCc1ccc([C-](S)S)cc1.CCCc1ccc([C-](S)S)cc1.[Ni+2]. The van der Waals surface area contributed by atoms with Crippen molar-refractivity contribution in [3.63, 3.8) is 0 Å². The third kappa shape index (κ3) is 10.1. The molecule has 0 unspecified atom stereocenters. The second kappa shape index (κ2) is 14.2. The van der Waals surface area contributed by atoms with E-state index in [2.05, 4.69) is 113 Å². The predicted molar refractivity (Wildman–Crippen MR) is 122 cm³/mol. The minimum absolute atomic E-state index is 0. The van der Waals surface area contributed by atoms with Gasteiger partial charge in [-0.3, -0.25) is 0 Å². The molecule has 0 aromatic heterocycles. The molecule has 140 valence electrons. The first-order valence-electron chi connectivity index (χ1n) is 8.16. The normalized spacial score (nSPS) is 9.52. The number of benzene rings is 2. The first kappa shape index (κ1) is 25.1. The zero-order valence-corrected chi connectivity index (χ0v) is 19.1. The monoisotopic (exact) mass is 452 g/mol. The average Bonchev–Trinajstić information content (AvgIpc) is 2.57. The van der Waals surface area contributed by atoms with Gasteiger partial charge in [-0.05, 0) is 12.8 Å². The Labute approximate surface area is 185 Å². The van der Waals surface area contributed by atoms with E-state index in [1.165, 1.54) is 24.0 Å². The van der Waals surface area contributed by atoms with E-state index in [1.54, 1.807) is 0 Å². The fourth-order valence-corrected chi connectivity index (χ4v) is 2.81. The van der Waals surface area contributed by atoms with Gasteiger partial charge in [0.15, 0.2) is 0 Å². The van der Waals surface area contributed by atoms with Gasteiger partial charge in [0.2, 0.25) is 0 Å². The van der Waals surface area contributed by atoms with Gasteiger partial charge in [0, 0.05) is 0 Å². The maximum atomic E-state index is 4.15. The average molecular weight is 453 g/mol. The number of aryl methyl sites for hydroxylation is 2. The van der Waals surface area contributed by atoms with Crippen LogP contribution in [-0.2, 0) is 29.3 Å². The van der Waals surface area contributed by atoms with Crippen molar-refractivity contribution < 1.29 is 16.5 Å². The van der Waals surface area contributed by atoms with Crippen LogP contribution in [0.15, 0.2) is 48.5 Å². The quantitative estimate of drug-likeness (QED) is 0.210. The molecule has 0 aliphatic rings. The van der Waals surface area contributed by atoms with Gasteiger partial charge in [0.25, 0.3) is 0 Å². The molecule has 0 saturated carbocycles. The molecule has 0 atom stereocenters. The van der Waals surface area contributed by atoms with Crippen molar-refractivity contribution in [2.45, 2.75) is 39.5 Å². The molecule has 5 heteroatoms. The van der Waals surface area contributed by atoms with Crippen molar-refractivity contribution in [3.05, 3.63) is 79.9 Å². The molecular weight excluding hydrogens is 427 g/mol. The molecular formula is C20H26NiS4. The van der Waals surface area contributed by atoms with Crippen molar-refractivity contribution in [1.29, 1.82) is 0 Å². The largest absolute Gasteiger partial charge is 2.00 e. The zero-order chi connectivity index (χ0) is 17.9. The smallest absolute Gasteiger partial charge is 0.206 e. The summed E-state index contributed by atoms with van der Waals surface area (Å²) in [6.45, 7) is 4.37. The maximum Gasteiger partial charge on any atom is 2.00 e. The van der Waals surface area contributed by atoms with Crippen LogP contribution in [-0.4, -0.2) is 0 Å². The van der Waals surface area contributed by atoms with Crippen LogP contribution in [0.4, 0.5) is 0 Å². The van der Waals surface area contributed by atoms with Crippen LogP contribution in [0.1, 0.15) is 48.9 Å². The second-order valence-electron chi connectivity index (χ2n) is 5.54. The third-order valence-electron chi connectivity index (χ3n) is 3.50. The van der Waals surface area contributed by atoms with Gasteiger partial charge >= 0.3 is 16.5 Å². The van der Waals surface area contributed by atoms with E-state index in [0.29, 0.717) is 0 Å². The van der Waals surface area contributed by atoms with Crippen molar-refractivity contribution in [2.24, 2.45) is 0 Å². The summed E-state index contributed by atoms with van der Waals surface area (Å²) in [5.41, 5.74) is 4.93. The summed E-state index contributed by atoms with van der Waals surface area (Å²) >= 11 is 16.6. The van der Waals surface area contributed by atoms with E-state index >= 15 is 0 Å². The predicted octanol–water partition coefficient (Wildman–Crippen LogP) is 6.67. The standard InChI is InChI=1S/2C10H13S2.Ni/c2*1-2-3-8-4-6-9(7-5-8)10(11)12;/h2*4-7,11-12H,2-3H2,1H3;/q2*-1;+2. The molecule has 25 heavy (non-hydrogen) atoms. The van der Waals surface area contributed by atoms with Crippen LogP contribution < -0.4 is 0 Å². The number of thiol groups is 4. The van der Waals surface area contributed by atoms with Crippen molar-refractivity contribution in [1.82, 2.24) is 0 Å². The fraction of sp³-hybridized carbons (Fsp3) is 0.300. The summed E-state index contributed by atoms with van der Waals surface area (Å²) in [5.74, 6) is 0. The Bertz CT molecular complexity index is 512. The molecule has 0 radical (unpaired) electrons. The summed E-state index contributed by atoms with van der Waals surface area (Å²) in [7, 11) is 0. The summed E-state index contributed by atoms with van der Waals surface area (Å²) < 4.78 is 1.55. The molecule has 0 saturated heterocycles. The Hall–Kier alpha value is 0.0735. The van der Waals surface area contributed by atoms with E-state index < -0.39 is 0 Å². The third-order valence-corrected chi connectivity index (χ3v) is 4.53. The van der Waals surface area contributed by atoms with Crippen LogP contribution in [0.3, 0.4) is 0 Å². The molecule has 0 nitrogen and oxygen atoms in total. The van der Waals surface area contributed by atoms with Gasteiger partial charge in [0.05, 0.1) is 0 Å². The first-order valence-corrected chi connectivity index (χ1v) is 9.95. The Balaban J connectivity index is 0.000000443. The number of rotatable bonds is 6. The molecule has 2 rings (SSSR count). The van der Waals surface area contributed by atoms with Crippen LogP contribution >= 0.6 is 50.5 Å². The molecule has 0 spiro atoms. The molecule has 0 aliphatic heterocycles. The van der Waals surface area contributed by atoms with E-state index in [9.17, 15) is 0 Å². The van der Waals surface area contributed by atoms with Crippen LogP contribution in [0.25, 0.3) is 0 Å². The van der Waals surface area contributed by atoms with Gasteiger partial charge in [-0.1, -0.05) is 47.0 Å². The van der Waals surface area contributed by atoms with Gasteiger partial charge in [-0.25, -0.2) is 50.5 Å². The van der Waals surface area contributed by atoms with E-state index in [1.807, 2.05) is 0 Å². The Kier molecular flexibility index (Phi) is 14.2. The minimum Gasteiger partial charge on any atom is -0.206 e.